The minimum Gasteiger partial charge on any atom is -0.295 e. The summed E-state index contributed by atoms with van der Waals surface area (Å²) < 4.78 is 0. The molecule has 0 aliphatic rings. The summed E-state index contributed by atoms with van der Waals surface area (Å²) in [6.07, 6.45) is 4.35. The Balaban J connectivity index is 2.57. The van der Waals surface area contributed by atoms with Gasteiger partial charge in [-0.15, -0.1) is 0 Å². The Labute approximate surface area is 91.8 Å². The number of hydrogen-bond acceptors (Lipinski definition) is 1. The molecule has 1 heteroatoms. The highest BCUT2D eigenvalue weighted by molar-refractivity contribution is 5.93. The molecule has 15 heavy (non-hydrogen) atoms. The number of rotatable bonds is 4. The fourth-order valence-electron chi connectivity index (χ4n) is 1.43. The van der Waals surface area contributed by atoms with Crippen LogP contribution in [-0.4, -0.2) is 5.78 Å². The molecule has 0 spiro atoms. The van der Waals surface area contributed by atoms with Crippen LogP contribution in [0.4, 0.5) is 0 Å². The maximum Gasteiger partial charge on any atom is 0.159 e. The van der Waals surface area contributed by atoms with E-state index in [0.717, 1.165) is 18.4 Å². The zero-order valence-electron chi connectivity index (χ0n) is 9.71. The Bertz CT molecular complexity index is 353. The fraction of sp³-hybridized carbons (Fsp3) is 0.357. The Morgan fingerprint density at radius 3 is 2.20 bits per heavy atom. The number of benzene rings is 1. The minimum atomic E-state index is 0.130. The third kappa shape index (κ3) is 4.11. The lowest BCUT2D eigenvalue weighted by molar-refractivity contribution is 0.101. The largest absolute Gasteiger partial charge is 0.295 e. The van der Waals surface area contributed by atoms with Crippen molar-refractivity contribution in [1.82, 2.24) is 0 Å². The third-order valence-corrected chi connectivity index (χ3v) is 2.35. The molecule has 0 atom stereocenters. The number of carbonyl (C=O) groups excluding carboxylic acids is 1. The van der Waals surface area contributed by atoms with Crippen molar-refractivity contribution in [2.75, 3.05) is 0 Å². The predicted octanol–water partition coefficient (Wildman–Crippen LogP) is 3.79. The summed E-state index contributed by atoms with van der Waals surface area (Å²) in [5.41, 5.74) is 3.44. The molecule has 0 aliphatic heterocycles. The lowest BCUT2D eigenvalue weighted by atomic mass is 10.1. The van der Waals surface area contributed by atoms with Gasteiger partial charge in [0.2, 0.25) is 0 Å². The van der Waals surface area contributed by atoms with Crippen molar-refractivity contribution in [3.8, 4) is 0 Å². The van der Waals surface area contributed by atoms with Crippen LogP contribution in [0, 0.1) is 0 Å². The third-order valence-electron chi connectivity index (χ3n) is 2.35. The fourth-order valence-corrected chi connectivity index (χ4v) is 1.43. The molecule has 0 unspecified atom stereocenters. The van der Waals surface area contributed by atoms with Gasteiger partial charge in [-0.25, -0.2) is 0 Å². The Morgan fingerprint density at radius 1 is 1.13 bits per heavy atom. The summed E-state index contributed by atoms with van der Waals surface area (Å²) >= 11 is 0. The van der Waals surface area contributed by atoms with E-state index in [1.807, 2.05) is 24.3 Å². The van der Waals surface area contributed by atoms with E-state index in [2.05, 4.69) is 19.9 Å². The minimum absolute atomic E-state index is 0.130. The van der Waals surface area contributed by atoms with Crippen LogP contribution in [0.2, 0.25) is 0 Å². The van der Waals surface area contributed by atoms with Gasteiger partial charge in [-0.2, -0.15) is 0 Å². The van der Waals surface area contributed by atoms with E-state index in [9.17, 15) is 4.79 Å². The topological polar surface area (TPSA) is 17.1 Å². The monoisotopic (exact) mass is 202 g/mol. The molecule has 1 rings (SSSR count). The maximum atomic E-state index is 11.1. The van der Waals surface area contributed by atoms with Crippen LogP contribution in [0.25, 0.3) is 0 Å². The Kier molecular flexibility index (Phi) is 4.29. The number of Topliss-reactive ketones (excluding diaryl/α,β-unsaturated/α-hetero) is 1. The van der Waals surface area contributed by atoms with Crippen molar-refractivity contribution in [3.05, 3.63) is 47.0 Å². The van der Waals surface area contributed by atoms with Crippen LogP contribution in [0.15, 0.2) is 35.9 Å². The first-order chi connectivity index (χ1) is 7.09. The summed E-state index contributed by atoms with van der Waals surface area (Å²) in [7, 11) is 0. The molecule has 0 saturated carbocycles. The van der Waals surface area contributed by atoms with E-state index in [-0.39, 0.29) is 5.78 Å². The van der Waals surface area contributed by atoms with Gasteiger partial charge in [-0.3, -0.25) is 4.79 Å². The molecule has 80 valence electrons. The SMILES string of the molecule is CC(=O)c1ccc(CCC=C(C)C)cc1. The van der Waals surface area contributed by atoms with E-state index in [4.69, 9.17) is 0 Å². The van der Waals surface area contributed by atoms with Crippen molar-refractivity contribution in [1.29, 1.82) is 0 Å². The molecule has 0 N–H and O–H groups in total. The van der Waals surface area contributed by atoms with Crippen LogP contribution < -0.4 is 0 Å². The molecule has 0 amide bonds. The predicted molar refractivity (Wildman–Crippen MR) is 64.2 cm³/mol. The molecular weight excluding hydrogens is 184 g/mol. The van der Waals surface area contributed by atoms with Crippen molar-refractivity contribution in [3.63, 3.8) is 0 Å². The lowest BCUT2D eigenvalue weighted by Crippen LogP contribution is -1.92. The van der Waals surface area contributed by atoms with Gasteiger partial charge in [-0.05, 0) is 39.2 Å². The van der Waals surface area contributed by atoms with Gasteiger partial charge in [-0.1, -0.05) is 35.9 Å². The highest BCUT2D eigenvalue weighted by Gasteiger charge is 1.98. The normalized spacial score (nSPS) is 9.80. The van der Waals surface area contributed by atoms with Crippen molar-refractivity contribution in [2.24, 2.45) is 0 Å². The summed E-state index contributed by atoms with van der Waals surface area (Å²) in [5.74, 6) is 0.130. The second kappa shape index (κ2) is 5.50. The standard InChI is InChI=1S/C14H18O/c1-11(2)5-4-6-13-7-9-14(10-8-13)12(3)15/h5,7-10H,4,6H2,1-3H3. The van der Waals surface area contributed by atoms with Crippen LogP contribution in [0.5, 0.6) is 0 Å². The van der Waals surface area contributed by atoms with E-state index in [1.54, 1.807) is 6.92 Å². The van der Waals surface area contributed by atoms with Crippen LogP contribution in [-0.2, 0) is 6.42 Å². The van der Waals surface area contributed by atoms with E-state index >= 15 is 0 Å². The highest BCUT2D eigenvalue weighted by atomic mass is 16.1. The first-order valence-corrected chi connectivity index (χ1v) is 5.33. The van der Waals surface area contributed by atoms with Crippen molar-refractivity contribution in [2.45, 2.75) is 33.6 Å². The molecule has 1 aromatic rings. The molecule has 1 aromatic carbocycles. The zero-order chi connectivity index (χ0) is 11.3. The first kappa shape index (κ1) is 11.7. The van der Waals surface area contributed by atoms with Gasteiger partial charge in [0.1, 0.15) is 0 Å². The summed E-state index contributed by atoms with van der Waals surface area (Å²) in [6, 6.07) is 7.88. The van der Waals surface area contributed by atoms with Gasteiger partial charge in [0.15, 0.2) is 5.78 Å². The number of carbonyl (C=O) groups is 1. The van der Waals surface area contributed by atoms with Crippen LogP contribution in [0.3, 0.4) is 0 Å². The Hall–Kier alpha value is -1.37. The maximum absolute atomic E-state index is 11.1. The molecule has 0 heterocycles. The highest BCUT2D eigenvalue weighted by Crippen LogP contribution is 2.08. The van der Waals surface area contributed by atoms with Gasteiger partial charge >= 0.3 is 0 Å². The van der Waals surface area contributed by atoms with Gasteiger partial charge in [0.05, 0.1) is 0 Å². The molecular formula is C14H18O. The number of aryl methyl sites for hydroxylation is 1. The molecule has 0 radical (unpaired) electrons. The second-order valence-electron chi connectivity index (χ2n) is 4.07. The molecule has 1 nitrogen and oxygen atoms in total. The molecule has 0 saturated heterocycles. The zero-order valence-corrected chi connectivity index (χ0v) is 9.71. The van der Waals surface area contributed by atoms with Gasteiger partial charge in [0, 0.05) is 5.56 Å². The van der Waals surface area contributed by atoms with Crippen molar-refractivity contribution < 1.29 is 4.79 Å². The van der Waals surface area contributed by atoms with E-state index < -0.39 is 0 Å². The molecule has 0 bridgehead atoms. The number of ketones is 1. The van der Waals surface area contributed by atoms with Crippen molar-refractivity contribution >= 4 is 5.78 Å². The quantitative estimate of drug-likeness (QED) is 0.536. The molecule has 0 aliphatic carbocycles. The summed E-state index contributed by atoms with van der Waals surface area (Å²) in [6.45, 7) is 5.82. The van der Waals surface area contributed by atoms with E-state index in [1.165, 1.54) is 11.1 Å². The lowest BCUT2D eigenvalue weighted by Gasteiger charge is -2.00. The molecule has 0 fully saturated rings. The molecule has 0 aromatic heterocycles. The average molecular weight is 202 g/mol. The van der Waals surface area contributed by atoms with Crippen LogP contribution in [0.1, 0.15) is 43.1 Å². The number of allylic oxidation sites excluding steroid dienone is 2. The second-order valence-corrected chi connectivity index (χ2v) is 4.07. The smallest absolute Gasteiger partial charge is 0.159 e. The first-order valence-electron chi connectivity index (χ1n) is 5.33. The number of hydrogen-bond donors (Lipinski definition) is 0. The van der Waals surface area contributed by atoms with Crippen LogP contribution >= 0.6 is 0 Å². The summed E-state index contributed by atoms with van der Waals surface area (Å²) in [4.78, 5) is 11.1. The summed E-state index contributed by atoms with van der Waals surface area (Å²) in [5, 5.41) is 0. The van der Waals surface area contributed by atoms with E-state index in [0.29, 0.717) is 0 Å². The van der Waals surface area contributed by atoms with Gasteiger partial charge < -0.3 is 0 Å². The van der Waals surface area contributed by atoms with Gasteiger partial charge in [0.25, 0.3) is 0 Å². The Morgan fingerprint density at radius 2 is 1.73 bits per heavy atom. The average Bonchev–Trinajstić information content (AvgIpc) is 2.18.